The van der Waals surface area contributed by atoms with Crippen molar-refractivity contribution >= 4 is 12.8 Å². The van der Waals surface area contributed by atoms with E-state index in [0.717, 1.165) is 0 Å². The van der Waals surface area contributed by atoms with Gasteiger partial charge in [-0.25, -0.2) is 0 Å². The molecule has 3 heteroatoms. The van der Waals surface area contributed by atoms with Crippen LogP contribution in [0.25, 0.3) is 0 Å². The summed E-state index contributed by atoms with van der Waals surface area (Å²) in [5, 5.41) is 9.08. The molecule has 0 aromatic rings. The first-order chi connectivity index (χ1) is 3.84. The summed E-state index contributed by atoms with van der Waals surface area (Å²) in [7, 11) is 0. The molecule has 0 spiro atoms. The lowest BCUT2D eigenvalue weighted by Gasteiger charge is -2.04. The van der Waals surface area contributed by atoms with Crippen molar-refractivity contribution in [2.75, 3.05) is 6.54 Å². The summed E-state index contributed by atoms with van der Waals surface area (Å²) in [6.07, 6.45) is 2.22. The normalized spacial score (nSPS) is 23.2. The standard InChI is InChI=1S/C5H11NOS/c7-5(3-6-8)4-1-2-4/h4-8H,1-3H2. The second kappa shape index (κ2) is 2.71. The highest BCUT2D eigenvalue weighted by Crippen LogP contribution is 2.32. The van der Waals surface area contributed by atoms with Crippen LogP contribution in [0.4, 0.5) is 0 Å². The molecule has 0 saturated heterocycles. The van der Waals surface area contributed by atoms with Gasteiger partial charge in [-0.1, -0.05) is 12.8 Å². The van der Waals surface area contributed by atoms with Crippen LogP contribution in [0.2, 0.25) is 0 Å². The summed E-state index contributed by atoms with van der Waals surface area (Å²) in [5.74, 6) is 0.564. The van der Waals surface area contributed by atoms with Gasteiger partial charge in [0, 0.05) is 6.54 Å². The molecule has 1 fully saturated rings. The van der Waals surface area contributed by atoms with Gasteiger partial charge in [-0.3, -0.25) is 4.72 Å². The van der Waals surface area contributed by atoms with Crippen LogP contribution in [0.1, 0.15) is 12.8 Å². The summed E-state index contributed by atoms with van der Waals surface area (Å²) in [6.45, 7) is 0.619. The summed E-state index contributed by atoms with van der Waals surface area (Å²) < 4.78 is 2.63. The van der Waals surface area contributed by atoms with E-state index in [9.17, 15) is 0 Å². The van der Waals surface area contributed by atoms with Crippen LogP contribution in [0.3, 0.4) is 0 Å². The van der Waals surface area contributed by atoms with Crippen LogP contribution in [0.5, 0.6) is 0 Å². The van der Waals surface area contributed by atoms with Crippen LogP contribution in [-0.2, 0) is 0 Å². The van der Waals surface area contributed by atoms with Crippen molar-refractivity contribution < 1.29 is 5.11 Å². The lowest BCUT2D eigenvalue weighted by atomic mass is 10.2. The smallest absolute Gasteiger partial charge is 0.0701 e. The average Bonchev–Trinajstić information content (AvgIpc) is 2.45. The molecular weight excluding hydrogens is 122 g/mol. The highest BCUT2D eigenvalue weighted by Gasteiger charge is 2.28. The van der Waals surface area contributed by atoms with Crippen LogP contribution < -0.4 is 4.72 Å². The maximum absolute atomic E-state index is 9.08. The summed E-state index contributed by atoms with van der Waals surface area (Å²) in [4.78, 5) is 0. The lowest BCUT2D eigenvalue weighted by Crippen LogP contribution is -2.21. The quantitative estimate of drug-likeness (QED) is 0.480. The first kappa shape index (κ1) is 6.39. The van der Waals surface area contributed by atoms with Gasteiger partial charge in [0.1, 0.15) is 0 Å². The Labute approximate surface area is 54.8 Å². The third-order valence-corrected chi connectivity index (χ3v) is 1.65. The van der Waals surface area contributed by atoms with Gasteiger partial charge in [-0.05, 0) is 18.8 Å². The number of hydrogen-bond donors (Lipinski definition) is 3. The van der Waals surface area contributed by atoms with Gasteiger partial charge in [-0.2, -0.15) is 0 Å². The zero-order valence-electron chi connectivity index (χ0n) is 4.67. The van der Waals surface area contributed by atoms with Crippen molar-refractivity contribution in [1.82, 2.24) is 4.72 Å². The Balaban J connectivity index is 2.03. The van der Waals surface area contributed by atoms with Gasteiger partial charge >= 0.3 is 0 Å². The van der Waals surface area contributed by atoms with E-state index >= 15 is 0 Å². The third kappa shape index (κ3) is 1.65. The van der Waals surface area contributed by atoms with Crippen molar-refractivity contribution in [3.8, 4) is 0 Å². The Morgan fingerprint density at radius 3 is 2.75 bits per heavy atom. The molecule has 1 rings (SSSR count). The highest BCUT2D eigenvalue weighted by molar-refractivity contribution is 7.78. The minimum atomic E-state index is -0.160. The average molecular weight is 133 g/mol. The molecular formula is C5H11NOS. The number of nitrogens with one attached hydrogen (secondary N) is 1. The molecule has 0 aliphatic heterocycles. The van der Waals surface area contributed by atoms with E-state index < -0.39 is 0 Å². The molecule has 0 amide bonds. The maximum atomic E-state index is 9.08. The molecule has 0 bridgehead atoms. The molecule has 0 aromatic heterocycles. The summed E-state index contributed by atoms with van der Waals surface area (Å²) in [6, 6.07) is 0. The number of hydrogen-bond acceptors (Lipinski definition) is 3. The van der Waals surface area contributed by atoms with E-state index in [-0.39, 0.29) is 6.10 Å². The topological polar surface area (TPSA) is 32.3 Å². The van der Waals surface area contributed by atoms with E-state index in [4.69, 9.17) is 5.11 Å². The second-order valence-electron chi connectivity index (χ2n) is 2.27. The van der Waals surface area contributed by atoms with Gasteiger partial charge in [0.05, 0.1) is 6.10 Å². The van der Waals surface area contributed by atoms with E-state index in [0.29, 0.717) is 12.5 Å². The molecule has 2 N–H and O–H groups in total. The zero-order chi connectivity index (χ0) is 5.98. The number of thiol groups is 1. The predicted octanol–water partition coefficient (Wildman–Crippen LogP) is 0.192. The molecule has 0 heterocycles. The van der Waals surface area contributed by atoms with Gasteiger partial charge in [0.2, 0.25) is 0 Å². The van der Waals surface area contributed by atoms with Crippen molar-refractivity contribution in [3.05, 3.63) is 0 Å². The van der Waals surface area contributed by atoms with Crippen molar-refractivity contribution in [3.63, 3.8) is 0 Å². The van der Waals surface area contributed by atoms with Gasteiger partial charge in [0.25, 0.3) is 0 Å². The molecule has 48 valence electrons. The largest absolute Gasteiger partial charge is 0.391 e. The number of rotatable bonds is 3. The Morgan fingerprint density at radius 2 is 2.38 bits per heavy atom. The van der Waals surface area contributed by atoms with E-state index in [1.165, 1.54) is 12.8 Å². The van der Waals surface area contributed by atoms with Crippen LogP contribution in [0.15, 0.2) is 0 Å². The monoisotopic (exact) mass is 133 g/mol. The fourth-order valence-corrected chi connectivity index (χ4v) is 0.928. The molecule has 1 aliphatic rings. The molecule has 0 radical (unpaired) electrons. The Bertz CT molecular complexity index is 74.8. The van der Waals surface area contributed by atoms with Gasteiger partial charge in [0.15, 0.2) is 0 Å². The number of aliphatic hydroxyl groups excluding tert-OH is 1. The Kier molecular flexibility index (Phi) is 2.16. The van der Waals surface area contributed by atoms with Crippen molar-refractivity contribution in [2.24, 2.45) is 5.92 Å². The minimum absolute atomic E-state index is 0.160. The zero-order valence-corrected chi connectivity index (χ0v) is 5.56. The fraction of sp³-hybridized carbons (Fsp3) is 1.00. The molecule has 1 atom stereocenters. The minimum Gasteiger partial charge on any atom is -0.391 e. The summed E-state index contributed by atoms with van der Waals surface area (Å²) >= 11 is 3.77. The first-order valence-electron chi connectivity index (χ1n) is 2.89. The third-order valence-electron chi connectivity index (χ3n) is 1.47. The van der Waals surface area contributed by atoms with E-state index in [1.54, 1.807) is 0 Å². The molecule has 0 aromatic carbocycles. The Hall–Kier alpha value is 0.270. The van der Waals surface area contributed by atoms with Crippen LogP contribution >= 0.6 is 12.8 Å². The lowest BCUT2D eigenvalue weighted by molar-refractivity contribution is 0.156. The molecule has 2 nitrogen and oxygen atoms in total. The molecule has 1 unspecified atom stereocenters. The highest BCUT2D eigenvalue weighted by atomic mass is 32.1. The van der Waals surface area contributed by atoms with Crippen molar-refractivity contribution in [2.45, 2.75) is 18.9 Å². The molecule has 8 heavy (non-hydrogen) atoms. The Morgan fingerprint density at radius 1 is 1.75 bits per heavy atom. The van der Waals surface area contributed by atoms with Crippen LogP contribution in [-0.4, -0.2) is 17.8 Å². The molecule has 1 aliphatic carbocycles. The SMILES string of the molecule is OC(CNS)C1CC1. The van der Waals surface area contributed by atoms with Crippen molar-refractivity contribution in [1.29, 1.82) is 0 Å². The van der Waals surface area contributed by atoms with Crippen LogP contribution in [0, 0.1) is 5.92 Å². The maximum Gasteiger partial charge on any atom is 0.0701 e. The van der Waals surface area contributed by atoms with Gasteiger partial charge < -0.3 is 5.11 Å². The van der Waals surface area contributed by atoms with E-state index in [1.807, 2.05) is 0 Å². The predicted molar refractivity (Wildman–Crippen MR) is 35.7 cm³/mol. The fourth-order valence-electron chi connectivity index (χ4n) is 0.741. The molecule has 1 saturated carbocycles. The van der Waals surface area contributed by atoms with Gasteiger partial charge in [-0.15, -0.1) is 0 Å². The number of aliphatic hydroxyl groups is 1. The first-order valence-corrected chi connectivity index (χ1v) is 3.34. The van der Waals surface area contributed by atoms with E-state index in [2.05, 4.69) is 17.5 Å². The summed E-state index contributed by atoms with van der Waals surface area (Å²) in [5.41, 5.74) is 0. The second-order valence-corrected chi connectivity index (χ2v) is 2.58.